The first kappa shape index (κ1) is 10.0. The fourth-order valence-corrected chi connectivity index (χ4v) is 1.91. The molecule has 0 saturated heterocycles. The molecule has 1 aliphatic carbocycles. The quantitative estimate of drug-likeness (QED) is 0.665. The summed E-state index contributed by atoms with van der Waals surface area (Å²) in [6, 6.07) is 0. The van der Waals surface area contributed by atoms with Crippen molar-refractivity contribution in [2.45, 2.75) is 20.3 Å². The molecule has 0 heterocycles. The molecule has 1 aliphatic rings. The van der Waals surface area contributed by atoms with Gasteiger partial charge in [0, 0.05) is 6.42 Å². The second-order valence-electron chi connectivity index (χ2n) is 4.03. The van der Waals surface area contributed by atoms with E-state index in [1.54, 1.807) is 0 Å². The number of hydrogen-bond donors (Lipinski definition) is 1. The predicted octanol–water partition coefficient (Wildman–Crippen LogP) is 0.906. The highest BCUT2D eigenvalue weighted by Crippen LogP contribution is 2.60. The first-order valence-corrected chi connectivity index (χ1v) is 4.21. The maximum Gasteiger partial charge on any atom is 0.309 e. The molecule has 4 heteroatoms. The van der Waals surface area contributed by atoms with Gasteiger partial charge in [0.15, 0.2) is 0 Å². The predicted molar refractivity (Wildman–Crippen MR) is 45.0 cm³/mol. The normalized spacial score (nSPS) is 29.5. The number of ether oxygens (including phenoxy) is 1. The summed E-state index contributed by atoms with van der Waals surface area (Å²) >= 11 is 0. The van der Waals surface area contributed by atoms with Crippen molar-refractivity contribution < 1.29 is 19.4 Å². The molecule has 1 N–H and O–H groups in total. The number of hydrogen-bond acceptors (Lipinski definition) is 3. The van der Waals surface area contributed by atoms with Gasteiger partial charge in [0.05, 0.1) is 13.0 Å². The monoisotopic (exact) mass is 186 g/mol. The van der Waals surface area contributed by atoms with E-state index in [1.807, 2.05) is 13.8 Å². The van der Waals surface area contributed by atoms with Crippen molar-refractivity contribution >= 4 is 11.9 Å². The fraction of sp³-hybridized carbons (Fsp3) is 0.778. The van der Waals surface area contributed by atoms with Crippen molar-refractivity contribution in [3.8, 4) is 0 Å². The van der Waals surface area contributed by atoms with Crippen molar-refractivity contribution in [2.24, 2.45) is 17.3 Å². The maximum absolute atomic E-state index is 11.2. The Kier molecular flexibility index (Phi) is 2.32. The summed E-state index contributed by atoms with van der Waals surface area (Å²) in [5, 5.41) is 8.58. The molecule has 1 rings (SSSR count). The molecule has 4 nitrogen and oxygen atoms in total. The topological polar surface area (TPSA) is 63.6 Å². The Hall–Kier alpha value is -1.06. The second kappa shape index (κ2) is 3.01. The molecule has 0 bridgehead atoms. The first-order valence-electron chi connectivity index (χ1n) is 4.21. The third kappa shape index (κ3) is 1.66. The molecule has 0 radical (unpaired) electrons. The van der Waals surface area contributed by atoms with Crippen LogP contribution in [0.15, 0.2) is 0 Å². The third-order valence-electron chi connectivity index (χ3n) is 2.90. The highest BCUT2D eigenvalue weighted by atomic mass is 16.5. The number of methoxy groups -OCH3 is 1. The van der Waals surface area contributed by atoms with Gasteiger partial charge in [-0.15, -0.1) is 0 Å². The van der Waals surface area contributed by atoms with Crippen LogP contribution in [-0.4, -0.2) is 24.2 Å². The van der Waals surface area contributed by atoms with Crippen LogP contribution < -0.4 is 0 Å². The van der Waals surface area contributed by atoms with E-state index in [0.29, 0.717) is 0 Å². The number of carbonyl (C=O) groups is 2. The van der Waals surface area contributed by atoms with E-state index >= 15 is 0 Å². The summed E-state index contributed by atoms with van der Waals surface area (Å²) in [6.45, 7) is 3.78. The van der Waals surface area contributed by atoms with Crippen LogP contribution in [0.25, 0.3) is 0 Å². The molecular weight excluding hydrogens is 172 g/mol. The minimum absolute atomic E-state index is 0.0484. The lowest BCUT2D eigenvalue weighted by molar-refractivity contribution is -0.143. The van der Waals surface area contributed by atoms with E-state index in [-0.39, 0.29) is 29.6 Å². The molecule has 1 saturated carbocycles. The third-order valence-corrected chi connectivity index (χ3v) is 2.90. The van der Waals surface area contributed by atoms with Gasteiger partial charge in [0.2, 0.25) is 0 Å². The number of carboxylic acid groups (broad SMARTS) is 1. The summed E-state index contributed by atoms with van der Waals surface area (Å²) in [6.07, 6.45) is 0.0484. The molecule has 0 aromatic rings. The summed E-state index contributed by atoms with van der Waals surface area (Å²) in [5.41, 5.74) is -0.217. The van der Waals surface area contributed by atoms with Crippen LogP contribution in [0.3, 0.4) is 0 Å². The Balaban J connectivity index is 2.60. The molecular formula is C9H14O4. The van der Waals surface area contributed by atoms with Gasteiger partial charge in [-0.2, -0.15) is 0 Å². The Morgan fingerprint density at radius 3 is 2.38 bits per heavy atom. The standard InChI is InChI=1S/C9H14O4/c1-9(2)5(4-6(10)11)7(9)8(12)13-3/h5,7H,4H2,1-3H3,(H,10,11). The van der Waals surface area contributed by atoms with Gasteiger partial charge in [0.25, 0.3) is 0 Å². The van der Waals surface area contributed by atoms with E-state index < -0.39 is 5.97 Å². The average molecular weight is 186 g/mol. The van der Waals surface area contributed by atoms with Crippen molar-refractivity contribution in [1.29, 1.82) is 0 Å². The summed E-state index contributed by atoms with van der Waals surface area (Å²) in [7, 11) is 1.33. The summed E-state index contributed by atoms with van der Waals surface area (Å²) < 4.78 is 4.59. The van der Waals surface area contributed by atoms with Crippen molar-refractivity contribution in [1.82, 2.24) is 0 Å². The fourth-order valence-electron chi connectivity index (χ4n) is 1.91. The highest BCUT2D eigenvalue weighted by molar-refractivity contribution is 5.79. The van der Waals surface area contributed by atoms with Gasteiger partial charge in [-0.05, 0) is 11.3 Å². The second-order valence-corrected chi connectivity index (χ2v) is 4.03. The van der Waals surface area contributed by atoms with Gasteiger partial charge >= 0.3 is 11.9 Å². The van der Waals surface area contributed by atoms with E-state index in [2.05, 4.69) is 4.74 Å². The maximum atomic E-state index is 11.2. The van der Waals surface area contributed by atoms with Crippen LogP contribution in [0, 0.1) is 17.3 Å². The number of carboxylic acids is 1. The number of carbonyl (C=O) groups excluding carboxylic acids is 1. The summed E-state index contributed by atoms with van der Waals surface area (Å²) in [4.78, 5) is 21.6. The molecule has 0 aliphatic heterocycles. The van der Waals surface area contributed by atoms with E-state index in [1.165, 1.54) is 7.11 Å². The van der Waals surface area contributed by atoms with Crippen molar-refractivity contribution in [3.63, 3.8) is 0 Å². The first-order chi connectivity index (χ1) is 5.91. The Morgan fingerprint density at radius 1 is 1.46 bits per heavy atom. The minimum Gasteiger partial charge on any atom is -0.481 e. The van der Waals surface area contributed by atoms with Crippen LogP contribution in [0.4, 0.5) is 0 Å². The molecule has 0 amide bonds. The van der Waals surface area contributed by atoms with Crippen LogP contribution in [-0.2, 0) is 14.3 Å². The molecule has 0 spiro atoms. The minimum atomic E-state index is -0.857. The zero-order valence-electron chi connectivity index (χ0n) is 8.03. The smallest absolute Gasteiger partial charge is 0.309 e. The molecule has 74 valence electrons. The van der Waals surface area contributed by atoms with Crippen molar-refractivity contribution in [3.05, 3.63) is 0 Å². The molecule has 13 heavy (non-hydrogen) atoms. The lowest BCUT2D eigenvalue weighted by atomic mass is 10.1. The van der Waals surface area contributed by atoms with E-state index in [9.17, 15) is 9.59 Å². The average Bonchev–Trinajstić information content (AvgIpc) is 2.51. The van der Waals surface area contributed by atoms with E-state index in [4.69, 9.17) is 5.11 Å². The number of rotatable bonds is 3. The molecule has 0 aromatic carbocycles. The van der Waals surface area contributed by atoms with Gasteiger partial charge in [-0.25, -0.2) is 0 Å². The lowest BCUT2D eigenvalue weighted by Crippen LogP contribution is -2.07. The molecule has 1 fully saturated rings. The summed E-state index contributed by atoms with van der Waals surface area (Å²) in [5.74, 6) is -1.47. The van der Waals surface area contributed by atoms with Gasteiger partial charge in [-0.3, -0.25) is 9.59 Å². The molecule has 0 aromatic heterocycles. The largest absolute Gasteiger partial charge is 0.481 e. The highest BCUT2D eigenvalue weighted by Gasteiger charge is 2.62. The van der Waals surface area contributed by atoms with E-state index in [0.717, 1.165) is 0 Å². The van der Waals surface area contributed by atoms with Crippen LogP contribution in [0.5, 0.6) is 0 Å². The zero-order valence-corrected chi connectivity index (χ0v) is 8.03. The Bertz CT molecular complexity index is 244. The van der Waals surface area contributed by atoms with Crippen LogP contribution >= 0.6 is 0 Å². The lowest BCUT2D eigenvalue weighted by Gasteiger charge is -1.99. The number of esters is 1. The Labute approximate surface area is 76.9 Å². The number of aliphatic carboxylic acids is 1. The SMILES string of the molecule is COC(=O)C1C(CC(=O)O)C1(C)C. The van der Waals surface area contributed by atoms with Crippen molar-refractivity contribution in [2.75, 3.05) is 7.11 Å². The van der Waals surface area contributed by atoms with Crippen LogP contribution in [0.2, 0.25) is 0 Å². The van der Waals surface area contributed by atoms with Gasteiger partial charge in [-0.1, -0.05) is 13.8 Å². The van der Waals surface area contributed by atoms with Gasteiger partial charge < -0.3 is 9.84 Å². The molecule has 2 unspecified atom stereocenters. The molecule has 2 atom stereocenters. The van der Waals surface area contributed by atoms with Crippen LogP contribution in [0.1, 0.15) is 20.3 Å². The zero-order chi connectivity index (χ0) is 10.2. The Morgan fingerprint density at radius 2 is 2.00 bits per heavy atom. The van der Waals surface area contributed by atoms with Gasteiger partial charge in [0.1, 0.15) is 0 Å².